The highest BCUT2D eigenvalue weighted by atomic mass is 16.4. The molecule has 1 aromatic rings. The van der Waals surface area contributed by atoms with Gasteiger partial charge in [0.15, 0.2) is 0 Å². The van der Waals surface area contributed by atoms with Gasteiger partial charge in [-0.15, -0.1) is 0 Å². The second-order valence-corrected chi connectivity index (χ2v) is 5.57. The molecule has 4 nitrogen and oxygen atoms in total. The van der Waals surface area contributed by atoms with E-state index in [0.29, 0.717) is 12.5 Å². The van der Waals surface area contributed by atoms with Gasteiger partial charge in [0.1, 0.15) is 0 Å². The lowest BCUT2D eigenvalue weighted by atomic mass is 10.1. The number of amides is 1. The van der Waals surface area contributed by atoms with E-state index in [4.69, 9.17) is 5.11 Å². The molecular weight excluding hydrogens is 242 g/mol. The molecule has 0 heterocycles. The number of carbonyl (C=O) groups excluding carboxylic acids is 1. The molecule has 0 saturated heterocycles. The minimum Gasteiger partial charge on any atom is -0.478 e. The first-order chi connectivity index (χ1) is 9.15. The molecule has 19 heavy (non-hydrogen) atoms. The summed E-state index contributed by atoms with van der Waals surface area (Å²) in [5.41, 5.74) is 1.09. The van der Waals surface area contributed by atoms with E-state index in [0.717, 1.165) is 17.9 Å². The molecule has 2 atom stereocenters. The molecule has 2 aliphatic rings. The van der Waals surface area contributed by atoms with Gasteiger partial charge >= 0.3 is 5.97 Å². The van der Waals surface area contributed by atoms with Crippen molar-refractivity contribution >= 4 is 11.9 Å². The first-order valence-electron chi connectivity index (χ1n) is 6.75. The van der Waals surface area contributed by atoms with Gasteiger partial charge in [0, 0.05) is 12.5 Å². The smallest absolute Gasteiger partial charge is 0.335 e. The number of carbonyl (C=O) groups is 2. The largest absolute Gasteiger partial charge is 0.478 e. The fourth-order valence-corrected chi connectivity index (χ4v) is 2.70. The number of hydrogen-bond donors (Lipinski definition) is 2. The Kier molecular flexibility index (Phi) is 3.01. The number of hydrogen-bond acceptors (Lipinski definition) is 2. The second kappa shape index (κ2) is 4.68. The minimum atomic E-state index is -0.941. The van der Waals surface area contributed by atoms with E-state index in [1.54, 1.807) is 18.2 Å². The van der Waals surface area contributed by atoms with Crippen LogP contribution >= 0.6 is 0 Å². The summed E-state index contributed by atoms with van der Waals surface area (Å²) in [4.78, 5) is 22.8. The predicted octanol–water partition coefficient (Wildman–Crippen LogP) is 2.05. The molecule has 1 amide bonds. The lowest BCUT2D eigenvalue weighted by Crippen LogP contribution is -2.25. The van der Waals surface area contributed by atoms with Crippen LogP contribution in [-0.4, -0.2) is 17.0 Å². The minimum absolute atomic E-state index is 0.123. The lowest BCUT2D eigenvalue weighted by Gasteiger charge is -2.06. The third-order valence-electron chi connectivity index (χ3n) is 4.04. The van der Waals surface area contributed by atoms with Gasteiger partial charge in [-0.2, -0.15) is 0 Å². The molecule has 1 aromatic carbocycles. The molecular formula is C15H17NO3. The molecule has 2 saturated carbocycles. The zero-order valence-electron chi connectivity index (χ0n) is 10.6. The van der Waals surface area contributed by atoms with E-state index in [-0.39, 0.29) is 17.4 Å². The van der Waals surface area contributed by atoms with Crippen LogP contribution in [-0.2, 0) is 11.3 Å². The van der Waals surface area contributed by atoms with Gasteiger partial charge in [-0.1, -0.05) is 12.1 Å². The van der Waals surface area contributed by atoms with Crippen molar-refractivity contribution in [2.75, 3.05) is 0 Å². The van der Waals surface area contributed by atoms with Crippen LogP contribution in [0.25, 0.3) is 0 Å². The van der Waals surface area contributed by atoms with Crippen LogP contribution in [0.3, 0.4) is 0 Å². The van der Waals surface area contributed by atoms with Crippen molar-refractivity contribution in [3.8, 4) is 0 Å². The SMILES string of the molecule is O=C(O)c1cccc(CNC(=O)[C@H]2C[C@@H]2C2CC2)c1. The van der Waals surface area contributed by atoms with Crippen molar-refractivity contribution < 1.29 is 14.7 Å². The molecule has 2 fully saturated rings. The molecule has 0 spiro atoms. The second-order valence-electron chi connectivity index (χ2n) is 5.57. The molecule has 0 bridgehead atoms. The van der Waals surface area contributed by atoms with E-state index >= 15 is 0 Å². The molecule has 2 N–H and O–H groups in total. The molecule has 3 rings (SSSR count). The van der Waals surface area contributed by atoms with E-state index < -0.39 is 5.97 Å². The molecule has 2 aliphatic carbocycles. The average Bonchev–Trinajstić information content (AvgIpc) is 3.27. The van der Waals surface area contributed by atoms with Crippen molar-refractivity contribution in [1.29, 1.82) is 0 Å². The highest BCUT2D eigenvalue weighted by molar-refractivity contribution is 5.87. The van der Waals surface area contributed by atoms with Crippen LogP contribution < -0.4 is 5.32 Å². The molecule has 100 valence electrons. The van der Waals surface area contributed by atoms with Crippen LogP contribution in [0.4, 0.5) is 0 Å². The highest BCUT2D eigenvalue weighted by Crippen LogP contribution is 2.54. The van der Waals surface area contributed by atoms with Crippen molar-refractivity contribution in [3.05, 3.63) is 35.4 Å². The van der Waals surface area contributed by atoms with Crippen LogP contribution in [0.5, 0.6) is 0 Å². The van der Waals surface area contributed by atoms with E-state index in [2.05, 4.69) is 5.32 Å². The Morgan fingerprint density at radius 3 is 2.79 bits per heavy atom. The van der Waals surface area contributed by atoms with Crippen molar-refractivity contribution in [1.82, 2.24) is 5.32 Å². The first kappa shape index (κ1) is 12.2. The summed E-state index contributed by atoms with van der Waals surface area (Å²) in [6.45, 7) is 0.411. The van der Waals surface area contributed by atoms with Gasteiger partial charge < -0.3 is 10.4 Å². The Hall–Kier alpha value is -1.84. The quantitative estimate of drug-likeness (QED) is 0.850. The van der Waals surface area contributed by atoms with Gasteiger partial charge in [0.25, 0.3) is 0 Å². The number of rotatable bonds is 5. The maximum absolute atomic E-state index is 11.9. The van der Waals surface area contributed by atoms with Gasteiger partial charge in [0.05, 0.1) is 5.56 Å². The molecule has 0 unspecified atom stereocenters. The molecule has 4 heteroatoms. The number of benzene rings is 1. The third kappa shape index (κ3) is 2.78. The fraction of sp³-hybridized carbons (Fsp3) is 0.467. The van der Waals surface area contributed by atoms with Crippen LogP contribution in [0.2, 0.25) is 0 Å². The molecule has 0 aliphatic heterocycles. The van der Waals surface area contributed by atoms with Crippen LogP contribution in [0.15, 0.2) is 24.3 Å². The first-order valence-corrected chi connectivity index (χ1v) is 6.75. The normalized spacial score (nSPS) is 24.8. The summed E-state index contributed by atoms with van der Waals surface area (Å²) >= 11 is 0. The third-order valence-corrected chi connectivity index (χ3v) is 4.04. The number of aromatic carboxylic acids is 1. The predicted molar refractivity (Wildman–Crippen MR) is 69.6 cm³/mol. The topological polar surface area (TPSA) is 66.4 Å². The van der Waals surface area contributed by atoms with Crippen LogP contribution in [0.1, 0.15) is 35.2 Å². The Morgan fingerprint density at radius 2 is 2.11 bits per heavy atom. The summed E-state index contributed by atoms with van der Waals surface area (Å²) < 4.78 is 0. The van der Waals surface area contributed by atoms with Crippen molar-refractivity contribution in [2.45, 2.75) is 25.8 Å². The molecule has 0 aromatic heterocycles. The van der Waals surface area contributed by atoms with Gasteiger partial charge in [0.2, 0.25) is 5.91 Å². The monoisotopic (exact) mass is 259 g/mol. The van der Waals surface area contributed by atoms with Gasteiger partial charge in [-0.05, 0) is 48.8 Å². The Morgan fingerprint density at radius 1 is 1.32 bits per heavy atom. The van der Waals surface area contributed by atoms with Gasteiger partial charge in [-0.3, -0.25) is 4.79 Å². The van der Waals surface area contributed by atoms with E-state index in [1.165, 1.54) is 12.8 Å². The Bertz CT molecular complexity index is 522. The zero-order chi connectivity index (χ0) is 13.4. The van der Waals surface area contributed by atoms with Gasteiger partial charge in [-0.25, -0.2) is 4.79 Å². The van der Waals surface area contributed by atoms with E-state index in [9.17, 15) is 9.59 Å². The fourth-order valence-electron chi connectivity index (χ4n) is 2.70. The average molecular weight is 259 g/mol. The highest BCUT2D eigenvalue weighted by Gasteiger charge is 2.50. The summed E-state index contributed by atoms with van der Waals surface area (Å²) in [5, 5.41) is 11.8. The van der Waals surface area contributed by atoms with Crippen LogP contribution in [0, 0.1) is 17.8 Å². The standard InChI is InChI=1S/C15H17NO3/c17-14(13-7-12(13)10-4-5-10)16-8-9-2-1-3-11(6-9)15(18)19/h1-3,6,10,12-13H,4-5,7-8H2,(H,16,17)(H,18,19)/t12-,13+/m1/s1. The summed E-state index contributed by atoms with van der Waals surface area (Å²) in [5.74, 6) is 0.799. The molecule has 0 radical (unpaired) electrons. The summed E-state index contributed by atoms with van der Waals surface area (Å²) in [7, 11) is 0. The summed E-state index contributed by atoms with van der Waals surface area (Å²) in [6.07, 6.45) is 3.61. The maximum atomic E-state index is 11.9. The van der Waals surface area contributed by atoms with E-state index in [1.807, 2.05) is 6.07 Å². The zero-order valence-corrected chi connectivity index (χ0v) is 10.6. The number of carboxylic acids is 1. The van der Waals surface area contributed by atoms with Crippen molar-refractivity contribution in [3.63, 3.8) is 0 Å². The number of carboxylic acid groups (broad SMARTS) is 1. The Labute approximate surface area is 111 Å². The lowest BCUT2D eigenvalue weighted by molar-refractivity contribution is -0.122. The summed E-state index contributed by atoms with van der Waals surface area (Å²) in [6, 6.07) is 6.69. The maximum Gasteiger partial charge on any atom is 0.335 e. The Balaban J connectivity index is 1.53. The van der Waals surface area contributed by atoms with Crippen molar-refractivity contribution in [2.24, 2.45) is 17.8 Å². The number of nitrogens with one attached hydrogen (secondary N) is 1.